The molecule has 2 aromatic carbocycles. The number of carboxylic acid groups (broad SMARTS) is 1. The molecule has 178 valence electrons. The molecular weight excluding hydrogens is 460 g/mol. The second-order valence-electron chi connectivity index (χ2n) is 7.86. The van der Waals surface area contributed by atoms with Crippen LogP contribution in [0.1, 0.15) is 47.8 Å². The van der Waals surface area contributed by atoms with Gasteiger partial charge in [-0.1, -0.05) is 11.2 Å². The molecule has 1 aromatic heterocycles. The van der Waals surface area contributed by atoms with Gasteiger partial charge in [0.25, 0.3) is 0 Å². The number of nitrogens with one attached hydrogen (secondary N) is 2. The average molecular weight is 478 g/mol. The van der Waals surface area contributed by atoms with Gasteiger partial charge in [0, 0.05) is 12.1 Å². The number of carbonyl (C=O) groups is 2. The Hall–Kier alpha value is -3.96. The highest BCUT2D eigenvalue weighted by atomic mass is 19.2. The van der Waals surface area contributed by atoms with Crippen molar-refractivity contribution in [3.8, 4) is 0 Å². The van der Waals surface area contributed by atoms with Crippen molar-refractivity contribution in [1.82, 2.24) is 10.2 Å². The number of nitrogens with zero attached hydrogens (tertiary/aromatic N) is 2. The van der Waals surface area contributed by atoms with E-state index in [9.17, 15) is 27.2 Å². The number of carboxylic acids is 1. The number of rotatable bonds is 6. The quantitative estimate of drug-likeness (QED) is 0.338. The van der Waals surface area contributed by atoms with E-state index in [1.165, 1.54) is 12.1 Å². The number of halogens is 4. The Balaban J connectivity index is 1.40. The van der Waals surface area contributed by atoms with Gasteiger partial charge in [0.1, 0.15) is 11.6 Å². The summed E-state index contributed by atoms with van der Waals surface area (Å²) in [6, 6.07) is 4.71. The topological polar surface area (TPSA) is 117 Å². The molecule has 1 fully saturated rings. The minimum Gasteiger partial charge on any atom is -0.481 e. The second kappa shape index (κ2) is 9.49. The Kier molecular flexibility index (Phi) is 6.48. The zero-order valence-electron chi connectivity index (χ0n) is 17.4. The summed E-state index contributed by atoms with van der Waals surface area (Å²) in [5.41, 5.74) is 0.0676. The van der Waals surface area contributed by atoms with E-state index in [-0.39, 0.29) is 17.5 Å². The highest BCUT2D eigenvalue weighted by Crippen LogP contribution is 2.36. The number of aromatic nitrogens is 2. The van der Waals surface area contributed by atoms with Crippen molar-refractivity contribution < 1.29 is 36.7 Å². The van der Waals surface area contributed by atoms with Crippen LogP contribution < -0.4 is 10.6 Å². The van der Waals surface area contributed by atoms with Crippen LogP contribution in [0, 0.1) is 29.2 Å². The van der Waals surface area contributed by atoms with Gasteiger partial charge >= 0.3 is 23.8 Å². The van der Waals surface area contributed by atoms with Crippen LogP contribution in [0.3, 0.4) is 0 Å². The summed E-state index contributed by atoms with van der Waals surface area (Å²) in [6.07, 6.45) is 2.28. The smallest absolute Gasteiger partial charge is 0.320 e. The van der Waals surface area contributed by atoms with Crippen LogP contribution in [0.5, 0.6) is 0 Å². The van der Waals surface area contributed by atoms with Gasteiger partial charge in [-0.2, -0.15) is 0 Å². The lowest BCUT2D eigenvalue weighted by Gasteiger charge is -2.26. The van der Waals surface area contributed by atoms with Crippen LogP contribution in [-0.2, 0) is 4.79 Å². The van der Waals surface area contributed by atoms with Crippen LogP contribution in [0.2, 0.25) is 0 Å². The lowest BCUT2D eigenvalue weighted by Crippen LogP contribution is -2.20. The van der Waals surface area contributed by atoms with Gasteiger partial charge in [-0.15, -0.1) is 5.10 Å². The minimum absolute atomic E-state index is 0.0242. The molecule has 0 radical (unpaired) electrons. The van der Waals surface area contributed by atoms with E-state index in [0.29, 0.717) is 43.4 Å². The van der Waals surface area contributed by atoms with Crippen molar-refractivity contribution in [1.29, 1.82) is 0 Å². The third-order valence-corrected chi connectivity index (χ3v) is 5.66. The number of hydrogen-bond acceptors (Lipinski definition) is 6. The van der Waals surface area contributed by atoms with E-state index in [1.807, 2.05) is 0 Å². The van der Waals surface area contributed by atoms with E-state index < -0.39 is 52.7 Å². The van der Waals surface area contributed by atoms with E-state index >= 15 is 0 Å². The first-order chi connectivity index (χ1) is 16.2. The molecule has 3 aromatic rings. The SMILES string of the molecule is O=C(Nc1ccc([C@H]2CC[C@@H](C(=O)O)CC2)cc1F)c1nnc(Nc2cc(F)c(F)cc2F)o1. The van der Waals surface area contributed by atoms with Crippen LogP contribution >= 0.6 is 0 Å². The predicted octanol–water partition coefficient (Wildman–Crippen LogP) is 4.98. The van der Waals surface area contributed by atoms with Gasteiger partial charge in [0.15, 0.2) is 11.6 Å². The molecule has 0 aliphatic heterocycles. The molecule has 0 bridgehead atoms. The van der Waals surface area contributed by atoms with Crippen molar-refractivity contribution >= 4 is 29.3 Å². The molecule has 12 heteroatoms. The standard InChI is InChI=1S/C22H18F4N4O4/c23-13-8-16(26)18(9-14(13)24)28-22-30-29-20(34-22)19(31)27-17-6-5-12(7-15(17)25)10-1-3-11(4-2-10)21(32)33/h5-11H,1-4H2,(H,27,31)(H,28,30)(H,32,33)/t10-,11+. The molecule has 0 unspecified atom stereocenters. The highest BCUT2D eigenvalue weighted by molar-refractivity contribution is 6.01. The number of aliphatic carboxylic acids is 1. The molecule has 1 aliphatic carbocycles. The van der Waals surface area contributed by atoms with E-state index in [4.69, 9.17) is 9.52 Å². The van der Waals surface area contributed by atoms with Crippen molar-refractivity contribution in [3.05, 3.63) is 65.1 Å². The number of hydrogen-bond donors (Lipinski definition) is 3. The molecule has 0 atom stereocenters. The average Bonchev–Trinajstić information content (AvgIpc) is 3.27. The van der Waals surface area contributed by atoms with Crippen molar-refractivity contribution in [2.24, 2.45) is 5.92 Å². The van der Waals surface area contributed by atoms with Crippen LogP contribution in [0.15, 0.2) is 34.7 Å². The Morgan fingerprint density at radius 1 is 0.882 bits per heavy atom. The molecule has 3 N–H and O–H groups in total. The monoisotopic (exact) mass is 478 g/mol. The number of carbonyl (C=O) groups excluding carboxylic acids is 1. The molecule has 1 heterocycles. The number of amides is 1. The van der Waals surface area contributed by atoms with Crippen LogP contribution in [-0.4, -0.2) is 27.2 Å². The molecule has 1 amide bonds. The summed E-state index contributed by atoms with van der Waals surface area (Å²) < 4.78 is 59.7. The summed E-state index contributed by atoms with van der Waals surface area (Å²) in [6.45, 7) is 0. The van der Waals surface area contributed by atoms with Crippen molar-refractivity contribution in [2.75, 3.05) is 10.6 Å². The molecule has 8 nitrogen and oxygen atoms in total. The maximum Gasteiger partial charge on any atom is 0.320 e. The van der Waals surface area contributed by atoms with Crippen molar-refractivity contribution in [2.45, 2.75) is 31.6 Å². The second-order valence-corrected chi connectivity index (χ2v) is 7.86. The minimum atomic E-state index is -1.38. The Bertz CT molecular complexity index is 1240. The maximum absolute atomic E-state index is 14.6. The van der Waals surface area contributed by atoms with Gasteiger partial charge < -0.3 is 20.2 Å². The van der Waals surface area contributed by atoms with E-state index in [2.05, 4.69) is 20.8 Å². The molecular formula is C22H18F4N4O4. The van der Waals surface area contributed by atoms with Gasteiger partial charge in [0.2, 0.25) is 0 Å². The summed E-state index contributed by atoms with van der Waals surface area (Å²) in [5.74, 6) is -7.22. The first kappa shape index (κ1) is 23.2. The zero-order valence-corrected chi connectivity index (χ0v) is 17.4. The van der Waals surface area contributed by atoms with Gasteiger partial charge in [-0.05, 0) is 49.3 Å². The largest absolute Gasteiger partial charge is 0.481 e. The fourth-order valence-corrected chi connectivity index (χ4v) is 3.84. The van der Waals surface area contributed by atoms with Crippen LogP contribution in [0.25, 0.3) is 0 Å². The molecule has 1 aliphatic rings. The summed E-state index contributed by atoms with van der Waals surface area (Å²) >= 11 is 0. The zero-order chi connectivity index (χ0) is 24.4. The fourth-order valence-electron chi connectivity index (χ4n) is 3.84. The molecule has 0 saturated heterocycles. The first-order valence-corrected chi connectivity index (χ1v) is 10.3. The first-order valence-electron chi connectivity index (χ1n) is 10.3. The Labute approximate surface area is 190 Å². The third-order valence-electron chi connectivity index (χ3n) is 5.66. The van der Waals surface area contributed by atoms with Crippen LogP contribution in [0.4, 0.5) is 35.0 Å². The maximum atomic E-state index is 14.6. The van der Waals surface area contributed by atoms with E-state index in [1.54, 1.807) is 6.07 Å². The molecule has 34 heavy (non-hydrogen) atoms. The number of anilines is 3. The lowest BCUT2D eigenvalue weighted by atomic mass is 9.79. The fraction of sp³-hybridized carbons (Fsp3) is 0.273. The normalized spacial score (nSPS) is 17.9. The van der Waals surface area contributed by atoms with Gasteiger partial charge in [-0.3, -0.25) is 9.59 Å². The highest BCUT2D eigenvalue weighted by Gasteiger charge is 2.27. The van der Waals surface area contributed by atoms with Gasteiger partial charge in [-0.25, -0.2) is 17.6 Å². The van der Waals surface area contributed by atoms with Crippen molar-refractivity contribution in [3.63, 3.8) is 0 Å². The summed E-state index contributed by atoms with van der Waals surface area (Å²) in [7, 11) is 0. The summed E-state index contributed by atoms with van der Waals surface area (Å²) in [4.78, 5) is 23.4. The number of benzene rings is 2. The predicted molar refractivity (Wildman–Crippen MR) is 111 cm³/mol. The molecule has 1 saturated carbocycles. The Morgan fingerprint density at radius 3 is 2.24 bits per heavy atom. The lowest BCUT2D eigenvalue weighted by molar-refractivity contribution is -0.142. The van der Waals surface area contributed by atoms with E-state index in [0.717, 1.165) is 0 Å². The van der Waals surface area contributed by atoms with Gasteiger partial charge in [0.05, 0.1) is 17.3 Å². The molecule has 0 spiro atoms. The third kappa shape index (κ3) is 5.00. The Morgan fingerprint density at radius 2 is 1.56 bits per heavy atom. The summed E-state index contributed by atoms with van der Waals surface area (Å²) in [5, 5.41) is 20.6. The molecule has 4 rings (SSSR count).